The van der Waals surface area contributed by atoms with Crippen LogP contribution in [0.2, 0.25) is 0 Å². The molecule has 4 rings (SSSR count). The predicted octanol–water partition coefficient (Wildman–Crippen LogP) is 5.15. The standard InChI is InChI=1S/C23H20BrN3O3S/c1-13-5-10-19(30-13)21-16(11-25)23(27-17-3-2-4-18(28)22(17)21)31-12-20(29)26-15-8-6-14(24)7-9-15/h5-10,21,27H,2-4,12H2,1H3,(H,26,29)/t21-/m1/s1. The summed E-state index contributed by atoms with van der Waals surface area (Å²) >= 11 is 4.63. The van der Waals surface area contributed by atoms with Crippen LogP contribution in [0.1, 0.15) is 36.7 Å². The first-order valence-electron chi connectivity index (χ1n) is 9.88. The van der Waals surface area contributed by atoms with Gasteiger partial charge in [0.05, 0.1) is 28.3 Å². The minimum absolute atomic E-state index is 0.0394. The van der Waals surface area contributed by atoms with Crippen molar-refractivity contribution in [2.45, 2.75) is 32.1 Å². The highest BCUT2D eigenvalue weighted by Crippen LogP contribution is 2.44. The van der Waals surface area contributed by atoms with Crippen molar-refractivity contribution in [3.05, 3.63) is 74.3 Å². The third-order valence-electron chi connectivity index (χ3n) is 5.18. The number of Topliss-reactive ketones (excluding diaryl/α,β-unsaturated/α-hetero) is 1. The van der Waals surface area contributed by atoms with Crippen molar-refractivity contribution >= 4 is 45.1 Å². The van der Waals surface area contributed by atoms with Gasteiger partial charge in [0.15, 0.2) is 5.78 Å². The molecule has 1 aliphatic heterocycles. The quantitative estimate of drug-likeness (QED) is 0.592. The second-order valence-corrected chi connectivity index (χ2v) is 9.28. The Morgan fingerprint density at radius 2 is 2.06 bits per heavy atom. The molecule has 0 fully saturated rings. The first-order valence-corrected chi connectivity index (χ1v) is 11.7. The Morgan fingerprint density at radius 1 is 1.29 bits per heavy atom. The molecule has 2 aliphatic rings. The minimum atomic E-state index is -0.542. The number of aryl methyl sites for hydroxylation is 1. The van der Waals surface area contributed by atoms with E-state index < -0.39 is 5.92 Å². The highest BCUT2D eigenvalue weighted by Gasteiger charge is 2.38. The van der Waals surface area contributed by atoms with Crippen LogP contribution in [0.5, 0.6) is 0 Å². The maximum Gasteiger partial charge on any atom is 0.234 e. The summed E-state index contributed by atoms with van der Waals surface area (Å²) in [5.74, 6) is 0.750. The third-order valence-corrected chi connectivity index (χ3v) is 6.73. The molecular weight excluding hydrogens is 478 g/mol. The minimum Gasteiger partial charge on any atom is -0.465 e. The second kappa shape index (κ2) is 9.16. The van der Waals surface area contributed by atoms with Crippen LogP contribution in [0.25, 0.3) is 0 Å². The van der Waals surface area contributed by atoms with Gasteiger partial charge >= 0.3 is 0 Å². The van der Waals surface area contributed by atoms with Crippen LogP contribution in [0, 0.1) is 18.3 Å². The van der Waals surface area contributed by atoms with E-state index in [0.29, 0.717) is 34.0 Å². The summed E-state index contributed by atoms with van der Waals surface area (Å²) in [6, 6.07) is 13.2. The van der Waals surface area contributed by atoms with Gasteiger partial charge in [0, 0.05) is 27.9 Å². The molecule has 0 saturated heterocycles. The highest BCUT2D eigenvalue weighted by atomic mass is 79.9. The number of thioether (sulfide) groups is 1. The number of hydrogen-bond donors (Lipinski definition) is 2. The monoisotopic (exact) mass is 497 g/mol. The Labute approximate surface area is 192 Å². The van der Waals surface area contributed by atoms with Gasteiger partial charge in [0.1, 0.15) is 11.5 Å². The molecule has 31 heavy (non-hydrogen) atoms. The lowest BCUT2D eigenvalue weighted by Crippen LogP contribution is -2.31. The van der Waals surface area contributed by atoms with Crippen molar-refractivity contribution in [1.82, 2.24) is 5.32 Å². The molecule has 6 nitrogen and oxygen atoms in total. The van der Waals surface area contributed by atoms with Crippen molar-refractivity contribution in [3.8, 4) is 6.07 Å². The Kier molecular flexibility index (Phi) is 6.35. The molecule has 0 saturated carbocycles. The number of anilines is 1. The summed E-state index contributed by atoms with van der Waals surface area (Å²) in [5.41, 5.74) is 2.54. The van der Waals surface area contributed by atoms with E-state index in [1.54, 1.807) is 0 Å². The third kappa shape index (κ3) is 4.63. The number of rotatable bonds is 5. The normalized spacial score (nSPS) is 18.4. The summed E-state index contributed by atoms with van der Waals surface area (Å²) in [5, 5.41) is 16.7. The molecule has 2 N–H and O–H groups in total. The van der Waals surface area contributed by atoms with E-state index in [2.05, 4.69) is 32.6 Å². The molecular formula is C23H20BrN3O3S. The summed E-state index contributed by atoms with van der Waals surface area (Å²) in [6.07, 6.45) is 1.96. The lowest BCUT2D eigenvalue weighted by molar-refractivity contribution is -0.116. The van der Waals surface area contributed by atoms with Crippen LogP contribution < -0.4 is 10.6 Å². The smallest absolute Gasteiger partial charge is 0.234 e. The average molecular weight is 498 g/mol. The van der Waals surface area contributed by atoms with Crippen molar-refractivity contribution in [2.24, 2.45) is 0 Å². The number of amides is 1. The van der Waals surface area contributed by atoms with Gasteiger partial charge in [-0.1, -0.05) is 27.7 Å². The molecule has 1 atom stereocenters. The molecule has 1 aliphatic carbocycles. The van der Waals surface area contributed by atoms with Crippen molar-refractivity contribution in [3.63, 3.8) is 0 Å². The number of carbonyl (C=O) groups is 2. The summed E-state index contributed by atoms with van der Waals surface area (Å²) < 4.78 is 6.75. The van der Waals surface area contributed by atoms with E-state index in [4.69, 9.17) is 4.42 Å². The van der Waals surface area contributed by atoms with Crippen molar-refractivity contribution < 1.29 is 14.0 Å². The fraction of sp³-hybridized carbons (Fsp3) is 0.261. The fourth-order valence-electron chi connectivity index (χ4n) is 3.80. The number of dihydropyridines is 1. The van der Waals surface area contributed by atoms with E-state index in [0.717, 1.165) is 28.8 Å². The number of nitrogens with zero attached hydrogens (tertiary/aromatic N) is 1. The topological polar surface area (TPSA) is 95.1 Å². The SMILES string of the molecule is Cc1ccc([C@H]2C(C#N)=C(SCC(=O)Nc3ccc(Br)cc3)NC3=C2C(=O)CCC3)o1. The van der Waals surface area contributed by atoms with Gasteiger partial charge in [-0.15, -0.1) is 0 Å². The van der Waals surface area contributed by atoms with Gasteiger partial charge in [-0.25, -0.2) is 0 Å². The van der Waals surface area contributed by atoms with Crippen molar-refractivity contribution in [2.75, 3.05) is 11.1 Å². The van der Waals surface area contributed by atoms with Crippen LogP contribution in [-0.2, 0) is 9.59 Å². The van der Waals surface area contributed by atoms with Gasteiger partial charge < -0.3 is 15.1 Å². The maximum absolute atomic E-state index is 12.7. The lowest BCUT2D eigenvalue weighted by Gasteiger charge is -2.32. The van der Waals surface area contributed by atoms with Crippen LogP contribution in [0.15, 0.2) is 67.2 Å². The number of ketones is 1. The first kappa shape index (κ1) is 21.5. The summed E-state index contributed by atoms with van der Waals surface area (Å²) in [7, 11) is 0. The average Bonchev–Trinajstić information content (AvgIpc) is 3.19. The molecule has 0 bridgehead atoms. The van der Waals surface area contributed by atoms with Crippen LogP contribution >= 0.6 is 27.7 Å². The molecule has 0 spiro atoms. The number of nitrogens with one attached hydrogen (secondary N) is 2. The molecule has 2 heterocycles. The zero-order chi connectivity index (χ0) is 22.0. The predicted molar refractivity (Wildman–Crippen MR) is 123 cm³/mol. The molecule has 158 valence electrons. The van der Waals surface area contributed by atoms with Gasteiger partial charge in [-0.05, 0) is 56.2 Å². The van der Waals surface area contributed by atoms with Crippen LogP contribution in [0.3, 0.4) is 0 Å². The number of hydrogen-bond acceptors (Lipinski definition) is 6. The molecule has 1 aromatic carbocycles. The summed E-state index contributed by atoms with van der Waals surface area (Å²) in [6.45, 7) is 1.83. The zero-order valence-corrected chi connectivity index (χ0v) is 19.2. The first-order chi connectivity index (χ1) is 15.0. The second-order valence-electron chi connectivity index (χ2n) is 7.37. The molecule has 0 radical (unpaired) electrons. The van der Waals surface area contributed by atoms with Gasteiger partial charge in [-0.2, -0.15) is 5.26 Å². The van der Waals surface area contributed by atoms with E-state index in [-0.39, 0.29) is 17.4 Å². The van der Waals surface area contributed by atoms with Gasteiger partial charge in [0.25, 0.3) is 0 Å². The number of carbonyl (C=O) groups excluding carboxylic acids is 2. The molecule has 1 aromatic heterocycles. The van der Waals surface area contributed by atoms with Gasteiger partial charge in [-0.3, -0.25) is 9.59 Å². The number of halogens is 1. The number of benzene rings is 1. The highest BCUT2D eigenvalue weighted by molar-refractivity contribution is 9.10. The maximum atomic E-state index is 12.7. The largest absolute Gasteiger partial charge is 0.465 e. The molecule has 8 heteroatoms. The Balaban J connectivity index is 1.58. The van der Waals surface area contributed by atoms with Crippen molar-refractivity contribution in [1.29, 1.82) is 5.26 Å². The molecule has 0 unspecified atom stereocenters. The van der Waals surface area contributed by atoms with E-state index in [1.807, 2.05) is 43.3 Å². The van der Waals surface area contributed by atoms with E-state index in [9.17, 15) is 14.9 Å². The Bertz CT molecular complexity index is 1140. The molecule has 2 aromatic rings. The number of furan rings is 1. The molecule has 1 amide bonds. The summed E-state index contributed by atoms with van der Waals surface area (Å²) in [4.78, 5) is 25.2. The number of allylic oxidation sites excluding steroid dienone is 3. The Morgan fingerprint density at radius 3 is 2.74 bits per heavy atom. The lowest BCUT2D eigenvalue weighted by atomic mass is 9.79. The van der Waals surface area contributed by atoms with Crippen LogP contribution in [0.4, 0.5) is 5.69 Å². The zero-order valence-electron chi connectivity index (χ0n) is 16.8. The Hall–Kier alpha value is -2.76. The van der Waals surface area contributed by atoms with E-state index >= 15 is 0 Å². The fourth-order valence-corrected chi connectivity index (χ4v) is 4.92. The van der Waals surface area contributed by atoms with Gasteiger partial charge in [0.2, 0.25) is 5.91 Å². The number of nitriles is 1. The van der Waals surface area contributed by atoms with E-state index in [1.165, 1.54) is 11.8 Å². The van der Waals surface area contributed by atoms with Crippen LogP contribution in [-0.4, -0.2) is 17.4 Å².